The number of halogens is 1. The highest BCUT2D eigenvalue weighted by atomic mass is 35.5. The Morgan fingerprint density at radius 1 is 1.26 bits per heavy atom. The van der Waals surface area contributed by atoms with Crippen LogP contribution in [0.2, 0.25) is 5.02 Å². The summed E-state index contributed by atoms with van der Waals surface area (Å²) in [5.41, 5.74) is 2.72. The smallest absolute Gasteiger partial charge is 0.343 e. The van der Waals surface area contributed by atoms with E-state index in [1.165, 1.54) is 4.57 Å². The zero-order chi connectivity index (χ0) is 22.0. The fourth-order valence-corrected chi connectivity index (χ4v) is 3.58. The van der Waals surface area contributed by atoms with Crippen LogP contribution in [0, 0.1) is 6.92 Å². The Labute approximate surface area is 184 Å². The van der Waals surface area contributed by atoms with Crippen LogP contribution in [0.15, 0.2) is 41.2 Å². The number of H-pyrrole nitrogens is 1. The van der Waals surface area contributed by atoms with Gasteiger partial charge >= 0.3 is 5.69 Å². The molecule has 0 radical (unpaired) electrons. The molecule has 1 aromatic heterocycles. The number of ether oxygens (including phenoxy) is 2. The average Bonchev–Trinajstić information content (AvgIpc) is 3.12. The Bertz CT molecular complexity index is 1160. The molecule has 31 heavy (non-hydrogen) atoms. The molecule has 1 saturated heterocycles. The number of morpholine rings is 1. The number of nitrogens with one attached hydrogen (secondary N) is 1. The summed E-state index contributed by atoms with van der Waals surface area (Å²) in [6.07, 6.45) is 0. The fourth-order valence-electron chi connectivity index (χ4n) is 3.42. The Kier molecular flexibility index (Phi) is 6.11. The van der Waals surface area contributed by atoms with E-state index in [-0.39, 0.29) is 18.2 Å². The van der Waals surface area contributed by atoms with Gasteiger partial charge < -0.3 is 14.4 Å². The molecule has 2 heterocycles. The number of benzene rings is 2. The molecule has 9 heteroatoms. The molecule has 1 aliphatic heterocycles. The maximum atomic E-state index is 12.9. The number of aromatic amines is 1. The molecule has 3 aromatic rings. The van der Waals surface area contributed by atoms with Gasteiger partial charge in [-0.15, -0.1) is 0 Å². The lowest BCUT2D eigenvalue weighted by molar-refractivity contribution is 0.0303. The highest BCUT2D eigenvalue weighted by Crippen LogP contribution is 2.35. The van der Waals surface area contributed by atoms with E-state index in [4.69, 9.17) is 21.1 Å². The van der Waals surface area contributed by atoms with Crippen molar-refractivity contribution in [3.8, 4) is 16.9 Å². The first-order chi connectivity index (χ1) is 14.9. The van der Waals surface area contributed by atoms with E-state index in [1.807, 2.05) is 37.3 Å². The largest absolute Gasteiger partial charge is 0.485 e. The number of aromatic nitrogens is 3. The van der Waals surface area contributed by atoms with Gasteiger partial charge in [-0.25, -0.2) is 9.89 Å². The molecule has 4 rings (SSSR count). The van der Waals surface area contributed by atoms with Gasteiger partial charge in [-0.05, 0) is 42.3 Å². The van der Waals surface area contributed by atoms with Crippen molar-refractivity contribution >= 4 is 17.5 Å². The van der Waals surface area contributed by atoms with Crippen molar-refractivity contribution in [3.05, 3.63) is 68.9 Å². The number of hydrogen-bond acceptors (Lipinski definition) is 5. The predicted molar refractivity (Wildman–Crippen MR) is 117 cm³/mol. The molecular formula is C22H23ClN4O4. The Morgan fingerprint density at radius 2 is 2.03 bits per heavy atom. The minimum absolute atomic E-state index is 0.0302. The van der Waals surface area contributed by atoms with E-state index in [1.54, 1.807) is 18.0 Å². The van der Waals surface area contributed by atoms with Crippen LogP contribution in [-0.4, -0.2) is 51.9 Å². The summed E-state index contributed by atoms with van der Waals surface area (Å²) in [5, 5.41) is 6.97. The van der Waals surface area contributed by atoms with Gasteiger partial charge in [0.25, 0.3) is 5.91 Å². The van der Waals surface area contributed by atoms with Crippen molar-refractivity contribution in [2.75, 3.05) is 26.3 Å². The van der Waals surface area contributed by atoms with Crippen LogP contribution >= 0.6 is 11.6 Å². The molecule has 1 fully saturated rings. The molecule has 8 nitrogen and oxygen atoms in total. The van der Waals surface area contributed by atoms with Crippen LogP contribution in [0.25, 0.3) is 11.1 Å². The minimum atomic E-state index is -0.305. The van der Waals surface area contributed by atoms with Gasteiger partial charge in [-0.1, -0.05) is 23.7 Å². The number of amides is 1. The van der Waals surface area contributed by atoms with Crippen molar-refractivity contribution in [1.82, 2.24) is 19.7 Å². The highest BCUT2D eigenvalue weighted by molar-refractivity contribution is 6.31. The maximum absolute atomic E-state index is 12.9. The summed E-state index contributed by atoms with van der Waals surface area (Å²) in [6, 6.07) is 11.1. The molecule has 1 amide bonds. The molecule has 0 bridgehead atoms. The van der Waals surface area contributed by atoms with Crippen LogP contribution < -0.4 is 10.4 Å². The number of nitrogens with zero attached hydrogens (tertiary/aromatic N) is 3. The Balaban J connectivity index is 1.65. The van der Waals surface area contributed by atoms with Gasteiger partial charge in [0, 0.05) is 36.3 Å². The first kappa shape index (κ1) is 21.1. The third-order valence-electron chi connectivity index (χ3n) is 5.31. The van der Waals surface area contributed by atoms with Gasteiger partial charge in [0.1, 0.15) is 12.4 Å². The lowest BCUT2D eigenvalue weighted by Gasteiger charge is -2.27. The molecule has 0 atom stereocenters. The van der Waals surface area contributed by atoms with Crippen molar-refractivity contribution in [2.45, 2.75) is 13.5 Å². The van der Waals surface area contributed by atoms with Crippen molar-refractivity contribution in [2.24, 2.45) is 7.05 Å². The van der Waals surface area contributed by atoms with Crippen LogP contribution in [0.1, 0.15) is 21.7 Å². The summed E-state index contributed by atoms with van der Waals surface area (Å²) in [5.74, 6) is 1.03. The SMILES string of the molecule is Cc1cc(OCc2n[nH]c(=O)n2C)c(-c2cccc(C(=O)N3CCOCC3)c2)cc1Cl. The zero-order valence-corrected chi connectivity index (χ0v) is 18.1. The Morgan fingerprint density at radius 3 is 2.74 bits per heavy atom. The maximum Gasteiger partial charge on any atom is 0.343 e. The summed E-state index contributed by atoms with van der Waals surface area (Å²) >= 11 is 6.40. The number of hydrogen-bond donors (Lipinski definition) is 1. The third-order valence-corrected chi connectivity index (χ3v) is 5.72. The molecular weight excluding hydrogens is 420 g/mol. The van der Waals surface area contributed by atoms with E-state index in [0.29, 0.717) is 48.5 Å². The molecule has 1 N–H and O–H groups in total. The quantitative estimate of drug-likeness (QED) is 0.656. The molecule has 162 valence electrons. The number of carbonyl (C=O) groups is 1. The van der Waals surface area contributed by atoms with Gasteiger partial charge in [-0.2, -0.15) is 5.10 Å². The minimum Gasteiger partial charge on any atom is -0.485 e. The molecule has 0 aliphatic carbocycles. The van der Waals surface area contributed by atoms with Gasteiger partial charge in [0.2, 0.25) is 0 Å². The lowest BCUT2D eigenvalue weighted by Crippen LogP contribution is -2.40. The van der Waals surface area contributed by atoms with E-state index >= 15 is 0 Å². The molecule has 0 spiro atoms. The number of aryl methyl sites for hydroxylation is 1. The highest BCUT2D eigenvalue weighted by Gasteiger charge is 2.20. The normalized spacial score (nSPS) is 14.0. The molecule has 0 saturated carbocycles. The second-order valence-corrected chi connectivity index (χ2v) is 7.78. The predicted octanol–water partition coefficient (Wildman–Crippen LogP) is 2.79. The number of carbonyl (C=O) groups excluding carboxylic acids is 1. The molecule has 1 aliphatic rings. The van der Waals surface area contributed by atoms with Crippen LogP contribution in [0.3, 0.4) is 0 Å². The van der Waals surface area contributed by atoms with E-state index in [0.717, 1.165) is 16.7 Å². The Hall–Kier alpha value is -3.10. The van der Waals surface area contributed by atoms with Crippen LogP contribution in [-0.2, 0) is 18.4 Å². The third kappa shape index (κ3) is 4.50. The lowest BCUT2D eigenvalue weighted by atomic mass is 10.00. The summed E-state index contributed by atoms with van der Waals surface area (Å²) in [4.78, 5) is 26.3. The summed E-state index contributed by atoms with van der Waals surface area (Å²) in [6.45, 7) is 4.25. The van der Waals surface area contributed by atoms with E-state index in [9.17, 15) is 9.59 Å². The average molecular weight is 443 g/mol. The standard InChI is InChI=1S/C22H23ClN4O4/c1-14-10-19(31-13-20-24-25-22(29)26(20)2)17(12-18(14)23)15-4-3-5-16(11-15)21(28)27-6-8-30-9-7-27/h3-5,10-12H,6-9,13H2,1-2H3,(H,25,29). The molecule has 2 aromatic carbocycles. The second-order valence-electron chi connectivity index (χ2n) is 7.38. The number of rotatable bonds is 5. The van der Waals surface area contributed by atoms with Gasteiger partial charge in [0.15, 0.2) is 5.82 Å². The first-order valence-electron chi connectivity index (χ1n) is 9.94. The topological polar surface area (TPSA) is 89.4 Å². The van der Waals surface area contributed by atoms with E-state index < -0.39 is 0 Å². The van der Waals surface area contributed by atoms with Gasteiger partial charge in [0.05, 0.1) is 13.2 Å². The van der Waals surface area contributed by atoms with Crippen LogP contribution in [0.5, 0.6) is 5.75 Å². The zero-order valence-electron chi connectivity index (χ0n) is 17.4. The second kappa shape index (κ2) is 8.95. The first-order valence-corrected chi connectivity index (χ1v) is 10.3. The molecule has 0 unspecified atom stereocenters. The van der Waals surface area contributed by atoms with Gasteiger partial charge in [-0.3, -0.25) is 9.36 Å². The van der Waals surface area contributed by atoms with Crippen molar-refractivity contribution < 1.29 is 14.3 Å². The van der Waals surface area contributed by atoms with Crippen LogP contribution in [0.4, 0.5) is 0 Å². The van der Waals surface area contributed by atoms with E-state index in [2.05, 4.69) is 10.2 Å². The monoisotopic (exact) mass is 442 g/mol. The summed E-state index contributed by atoms with van der Waals surface area (Å²) in [7, 11) is 1.62. The summed E-state index contributed by atoms with van der Waals surface area (Å²) < 4.78 is 12.7. The fraction of sp³-hybridized carbons (Fsp3) is 0.318. The van der Waals surface area contributed by atoms with Crippen molar-refractivity contribution in [1.29, 1.82) is 0 Å². The van der Waals surface area contributed by atoms with Crippen molar-refractivity contribution in [3.63, 3.8) is 0 Å².